The molecule has 150 valence electrons. The largest absolute Gasteiger partial charge is 0.486 e. The van der Waals surface area contributed by atoms with E-state index in [1.807, 2.05) is 41.3 Å². The van der Waals surface area contributed by atoms with Crippen molar-refractivity contribution in [1.82, 2.24) is 9.55 Å². The summed E-state index contributed by atoms with van der Waals surface area (Å²) in [4.78, 5) is 19.7. The number of anilines is 1. The van der Waals surface area contributed by atoms with E-state index in [0.717, 1.165) is 34.8 Å². The molecule has 0 radical (unpaired) electrons. The Balaban J connectivity index is 1.47. The predicted molar refractivity (Wildman–Crippen MR) is 112 cm³/mol. The van der Waals surface area contributed by atoms with Gasteiger partial charge < -0.3 is 18.9 Å². The van der Waals surface area contributed by atoms with Gasteiger partial charge in [-0.05, 0) is 30.2 Å². The van der Waals surface area contributed by atoms with Crippen LogP contribution in [0.25, 0.3) is 11.0 Å². The van der Waals surface area contributed by atoms with Crippen molar-refractivity contribution >= 4 is 22.6 Å². The summed E-state index contributed by atoms with van der Waals surface area (Å²) in [5, 5.41) is 0. The van der Waals surface area contributed by atoms with Gasteiger partial charge in [-0.1, -0.05) is 26.0 Å². The molecule has 0 N–H and O–H groups in total. The van der Waals surface area contributed by atoms with E-state index in [9.17, 15) is 4.79 Å². The van der Waals surface area contributed by atoms with Crippen LogP contribution in [0.15, 0.2) is 42.5 Å². The second-order valence-corrected chi connectivity index (χ2v) is 8.20. The van der Waals surface area contributed by atoms with Crippen molar-refractivity contribution in [3.8, 4) is 11.5 Å². The molecule has 3 heterocycles. The zero-order valence-corrected chi connectivity index (χ0v) is 16.8. The molecule has 1 aromatic heterocycles. The van der Waals surface area contributed by atoms with Crippen LogP contribution >= 0.6 is 0 Å². The molecule has 5 rings (SSSR count). The minimum Gasteiger partial charge on any atom is -0.486 e. The third-order valence-electron chi connectivity index (χ3n) is 5.56. The minimum atomic E-state index is 0.0712. The van der Waals surface area contributed by atoms with Crippen molar-refractivity contribution in [3.63, 3.8) is 0 Å². The Hall–Kier alpha value is -3.02. The van der Waals surface area contributed by atoms with Gasteiger partial charge in [0, 0.05) is 37.2 Å². The van der Waals surface area contributed by atoms with Gasteiger partial charge in [-0.2, -0.15) is 0 Å². The molecule has 6 heteroatoms. The molecule has 0 saturated carbocycles. The van der Waals surface area contributed by atoms with Crippen LogP contribution in [0, 0.1) is 5.92 Å². The summed E-state index contributed by atoms with van der Waals surface area (Å²) in [7, 11) is 0. The fourth-order valence-electron chi connectivity index (χ4n) is 4.29. The molecule has 0 spiro atoms. The number of imidazole rings is 1. The van der Waals surface area contributed by atoms with Crippen molar-refractivity contribution in [2.45, 2.75) is 32.7 Å². The van der Waals surface area contributed by atoms with Crippen LogP contribution in [0.2, 0.25) is 0 Å². The van der Waals surface area contributed by atoms with E-state index in [1.165, 1.54) is 0 Å². The van der Waals surface area contributed by atoms with Crippen LogP contribution in [0.3, 0.4) is 0 Å². The molecule has 0 aliphatic carbocycles. The number of rotatable bonds is 4. The van der Waals surface area contributed by atoms with Gasteiger partial charge in [-0.3, -0.25) is 4.79 Å². The van der Waals surface area contributed by atoms with Crippen LogP contribution < -0.4 is 14.4 Å². The van der Waals surface area contributed by atoms with Gasteiger partial charge >= 0.3 is 0 Å². The molecule has 0 bridgehead atoms. The number of hydrogen-bond donors (Lipinski definition) is 0. The Bertz CT molecular complexity index is 1070. The number of fused-ring (bicyclic) bond motifs is 2. The molecule has 1 saturated heterocycles. The molecule has 3 aromatic rings. The molecule has 1 fully saturated rings. The van der Waals surface area contributed by atoms with Gasteiger partial charge in [-0.15, -0.1) is 0 Å². The van der Waals surface area contributed by atoms with Gasteiger partial charge in [0.15, 0.2) is 11.5 Å². The fourth-order valence-corrected chi connectivity index (χ4v) is 4.29. The Morgan fingerprint density at radius 3 is 2.72 bits per heavy atom. The van der Waals surface area contributed by atoms with E-state index < -0.39 is 0 Å². The summed E-state index contributed by atoms with van der Waals surface area (Å²) >= 11 is 0. The van der Waals surface area contributed by atoms with Crippen molar-refractivity contribution in [2.24, 2.45) is 5.92 Å². The van der Waals surface area contributed by atoms with Crippen molar-refractivity contribution < 1.29 is 14.3 Å². The highest BCUT2D eigenvalue weighted by molar-refractivity contribution is 5.96. The molecular weight excluding hydrogens is 366 g/mol. The maximum Gasteiger partial charge on any atom is 0.227 e. The average Bonchev–Trinajstić information content (AvgIpc) is 3.28. The second-order valence-electron chi connectivity index (χ2n) is 8.20. The first-order valence-electron chi connectivity index (χ1n) is 10.3. The molecule has 1 amide bonds. The number of nitrogens with zero attached hydrogens (tertiary/aromatic N) is 3. The topological polar surface area (TPSA) is 56.6 Å². The Kier molecular flexibility index (Phi) is 4.42. The first-order chi connectivity index (χ1) is 14.1. The van der Waals surface area contributed by atoms with Gasteiger partial charge in [0.1, 0.15) is 19.0 Å². The third-order valence-corrected chi connectivity index (χ3v) is 5.56. The minimum absolute atomic E-state index is 0.0712. The van der Waals surface area contributed by atoms with E-state index in [2.05, 4.69) is 24.5 Å². The molecule has 1 unspecified atom stereocenters. The Labute approximate surface area is 170 Å². The Morgan fingerprint density at radius 1 is 1.10 bits per heavy atom. The first kappa shape index (κ1) is 18.0. The number of aromatic nitrogens is 2. The summed E-state index contributed by atoms with van der Waals surface area (Å²) in [5.41, 5.74) is 2.99. The lowest BCUT2D eigenvalue weighted by Gasteiger charge is -2.22. The molecule has 2 aliphatic heterocycles. The van der Waals surface area contributed by atoms with Crippen LogP contribution in [-0.4, -0.2) is 35.2 Å². The zero-order valence-electron chi connectivity index (χ0n) is 16.8. The summed E-state index contributed by atoms with van der Waals surface area (Å²) < 4.78 is 13.6. The molecule has 2 aliphatic rings. The normalized spacial score (nSPS) is 18.8. The van der Waals surface area contributed by atoms with Gasteiger partial charge in [0.2, 0.25) is 5.91 Å². The molecule has 29 heavy (non-hydrogen) atoms. The zero-order chi connectivity index (χ0) is 20.0. The van der Waals surface area contributed by atoms with E-state index >= 15 is 0 Å². The number of hydrogen-bond acceptors (Lipinski definition) is 4. The van der Waals surface area contributed by atoms with Crippen molar-refractivity contribution in [2.75, 3.05) is 24.7 Å². The van der Waals surface area contributed by atoms with Crippen LogP contribution in [-0.2, 0) is 11.3 Å². The van der Waals surface area contributed by atoms with Crippen molar-refractivity contribution in [1.29, 1.82) is 0 Å². The number of amides is 1. The summed E-state index contributed by atoms with van der Waals surface area (Å²) in [6, 6.07) is 14.0. The SMILES string of the molecule is CC(C)Cn1c(C2CC(=O)N(c3ccc4c(c3)OCCO4)C2)nc2ccccc21. The molecule has 2 aromatic carbocycles. The molecule has 1 atom stereocenters. The van der Waals surface area contributed by atoms with Crippen LogP contribution in [0.1, 0.15) is 32.0 Å². The number of benzene rings is 2. The average molecular weight is 391 g/mol. The van der Waals surface area contributed by atoms with E-state index in [4.69, 9.17) is 14.5 Å². The van der Waals surface area contributed by atoms with E-state index in [0.29, 0.717) is 37.8 Å². The quantitative estimate of drug-likeness (QED) is 0.675. The highest BCUT2D eigenvalue weighted by Crippen LogP contribution is 2.38. The maximum absolute atomic E-state index is 12.9. The summed E-state index contributed by atoms with van der Waals surface area (Å²) in [6.07, 6.45) is 0.468. The lowest BCUT2D eigenvalue weighted by Crippen LogP contribution is -2.25. The maximum atomic E-state index is 12.9. The highest BCUT2D eigenvalue weighted by Gasteiger charge is 2.35. The number of carbonyl (C=O) groups is 1. The van der Waals surface area contributed by atoms with Crippen LogP contribution in [0.4, 0.5) is 5.69 Å². The van der Waals surface area contributed by atoms with Crippen LogP contribution in [0.5, 0.6) is 11.5 Å². The first-order valence-corrected chi connectivity index (χ1v) is 10.3. The molecule has 6 nitrogen and oxygen atoms in total. The van der Waals surface area contributed by atoms with E-state index in [-0.39, 0.29) is 11.8 Å². The summed E-state index contributed by atoms with van der Waals surface area (Å²) in [5.74, 6) is 3.14. The lowest BCUT2D eigenvalue weighted by atomic mass is 10.1. The monoisotopic (exact) mass is 391 g/mol. The predicted octanol–water partition coefficient (Wildman–Crippen LogP) is 3.98. The highest BCUT2D eigenvalue weighted by atomic mass is 16.6. The number of para-hydroxylation sites is 2. The smallest absolute Gasteiger partial charge is 0.227 e. The lowest BCUT2D eigenvalue weighted by molar-refractivity contribution is -0.117. The summed E-state index contributed by atoms with van der Waals surface area (Å²) in [6.45, 7) is 7.03. The standard InChI is InChI=1S/C23H25N3O3/c1-15(2)13-26-19-6-4-3-5-18(19)24-23(26)16-11-22(27)25(14-16)17-7-8-20-21(12-17)29-10-9-28-20/h3-8,12,15-16H,9-11,13-14H2,1-2H3. The second kappa shape index (κ2) is 7.10. The van der Waals surface area contributed by atoms with Gasteiger partial charge in [0.25, 0.3) is 0 Å². The Morgan fingerprint density at radius 2 is 1.90 bits per heavy atom. The fraction of sp³-hybridized carbons (Fsp3) is 0.391. The van der Waals surface area contributed by atoms with Crippen molar-refractivity contribution in [3.05, 3.63) is 48.3 Å². The molecular formula is C23H25N3O3. The van der Waals surface area contributed by atoms with Gasteiger partial charge in [0.05, 0.1) is 11.0 Å². The van der Waals surface area contributed by atoms with Gasteiger partial charge in [-0.25, -0.2) is 4.98 Å². The van der Waals surface area contributed by atoms with E-state index in [1.54, 1.807) is 0 Å². The third kappa shape index (κ3) is 3.22. The number of carbonyl (C=O) groups excluding carboxylic acids is 1. The number of ether oxygens (including phenoxy) is 2.